The van der Waals surface area contributed by atoms with E-state index in [-0.39, 0.29) is 50.3 Å². The van der Waals surface area contributed by atoms with Gasteiger partial charge in [0.2, 0.25) is 17.7 Å². The standard InChI is InChI=1S/C28H37N9O12/c29-27(30)31-7-1-2-16-23(41)32-12-21(38)33-19(11-22(39)40)26(45)49-20-10-14(25(43)44)9-17(20)35-28(46)36-18(24(42)34-16)8-13-3-5-15(6-4-13)37(47)48/h3-6,14,16-20H,1-2,7-12H2,(H,32,41)(H,33,38)(H,34,42)(H,39,40)(H,43,44)(H4,29,30,31)(H2,35,36,46)/t14-,16+,17-,18-,19+,20-/m1/s1. The topological polar surface area (TPSA) is 337 Å². The van der Waals surface area contributed by atoms with E-state index in [1.54, 1.807) is 0 Å². The van der Waals surface area contributed by atoms with Crippen molar-refractivity contribution >= 4 is 53.3 Å². The summed E-state index contributed by atoms with van der Waals surface area (Å²) in [5.74, 6) is -7.96. The van der Waals surface area contributed by atoms with E-state index in [0.29, 0.717) is 5.56 Å². The number of esters is 1. The van der Waals surface area contributed by atoms with Crippen LogP contribution in [-0.2, 0) is 39.9 Å². The van der Waals surface area contributed by atoms with Gasteiger partial charge < -0.3 is 53.0 Å². The number of nitro benzene ring substituents is 1. The van der Waals surface area contributed by atoms with Gasteiger partial charge in [-0.2, -0.15) is 0 Å². The average molecular weight is 692 g/mol. The number of fused-ring (bicyclic) bond motifs is 1. The average Bonchev–Trinajstić information content (AvgIpc) is 3.42. The fourth-order valence-electron chi connectivity index (χ4n) is 5.23. The minimum atomic E-state index is -1.74. The van der Waals surface area contributed by atoms with Gasteiger partial charge in [-0.1, -0.05) is 12.1 Å². The molecule has 1 saturated heterocycles. The van der Waals surface area contributed by atoms with Crippen LogP contribution in [0.1, 0.15) is 37.7 Å². The Morgan fingerprint density at radius 2 is 1.63 bits per heavy atom. The smallest absolute Gasteiger partial charge is 0.329 e. The van der Waals surface area contributed by atoms with Gasteiger partial charge in [-0.05, 0) is 31.2 Å². The Hall–Kier alpha value is -6.02. The third-order valence-corrected chi connectivity index (χ3v) is 7.65. The molecule has 266 valence electrons. The summed E-state index contributed by atoms with van der Waals surface area (Å²) in [6.45, 7) is -0.686. The fraction of sp³-hybridized carbons (Fsp3) is 0.500. The molecule has 0 spiro atoms. The number of nitrogens with two attached hydrogens (primary N) is 2. The number of carboxylic acids is 2. The van der Waals surface area contributed by atoms with Crippen LogP contribution in [0, 0.1) is 16.0 Å². The number of carbonyl (C=O) groups excluding carboxylic acids is 5. The molecule has 1 aliphatic carbocycles. The number of aliphatic imine (C=N–C) groups is 1. The van der Waals surface area contributed by atoms with Crippen molar-refractivity contribution < 1.29 is 53.4 Å². The van der Waals surface area contributed by atoms with Gasteiger partial charge in [-0.15, -0.1) is 0 Å². The molecule has 0 unspecified atom stereocenters. The first-order valence-corrected chi connectivity index (χ1v) is 15.0. The minimum absolute atomic E-state index is 0.0548. The Labute approximate surface area is 277 Å². The molecule has 0 bridgehead atoms. The van der Waals surface area contributed by atoms with Crippen LogP contribution in [0.3, 0.4) is 0 Å². The van der Waals surface area contributed by atoms with Crippen molar-refractivity contribution in [1.29, 1.82) is 0 Å². The normalized spacial score (nSPS) is 25.1. The first kappa shape index (κ1) is 37.4. The van der Waals surface area contributed by atoms with Crippen molar-refractivity contribution in [2.24, 2.45) is 22.4 Å². The van der Waals surface area contributed by atoms with Gasteiger partial charge in [0.05, 0.1) is 29.8 Å². The van der Waals surface area contributed by atoms with Crippen LogP contribution in [0.15, 0.2) is 29.3 Å². The number of ether oxygens (including phenoxy) is 1. The SMILES string of the molecule is NC(N)=NCCC[C@@H]1NC(=O)[C@@H](Cc2ccc([N+](=O)[O-])cc2)NC(=O)N[C@@H]2C[C@@H](C(=O)O)C[C@H]2OC(=O)[C@H](CC(=O)O)NC(=O)CNC1=O. The van der Waals surface area contributed by atoms with Crippen LogP contribution < -0.4 is 38.1 Å². The number of carbonyl (C=O) groups is 7. The van der Waals surface area contributed by atoms with Crippen LogP contribution in [-0.4, -0.2) is 106 Å². The zero-order valence-electron chi connectivity index (χ0n) is 26.0. The maximum Gasteiger partial charge on any atom is 0.329 e. The molecule has 2 fully saturated rings. The van der Waals surface area contributed by atoms with E-state index in [0.717, 1.165) is 0 Å². The highest BCUT2D eigenvalue weighted by atomic mass is 16.6. The third kappa shape index (κ3) is 11.6. The van der Waals surface area contributed by atoms with E-state index in [9.17, 15) is 53.9 Å². The van der Waals surface area contributed by atoms with E-state index in [1.165, 1.54) is 24.3 Å². The highest BCUT2D eigenvalue weighted by Crippen LogP contribution is 2.29. The monoisotopic (exact) mass is 691 g/mol. The number of nitrogens with zero attached hydrogens (tertiary/aromatic N) is 2. The molecule has 6 atom stereocenters. The van der Waals surface area contributed by atoms with Gasteiger partial charge >= 0.3 is 23.9 Å². The molecular weight excluding hydrogens is 654 g/mol. The lowest BCUT2D eigenvalue weighted by Crippen LogP contribution is -2.57. The number of nitrogens with one attached hydrogen (secondary N) is 5. The summed E-state index contributed by atoms with van der Waals surface area (Å²) in [4.78, 5) is 103. The van der Waals surface area contributed by atoms with E-state index in [2.05, 4.69) is 31.6 Å². The van der Waals surface area contributed by atoms with Crippen LogP contribution in [0.25, 0.3) is 0 Å². The molecule has 49 heavy (non-hydrogen) atoms. The van der Waals surface area contributed by atoms with E-state index >= 15 is 0 Å². The number of carboxylic acid groups (broad SMARTS) is 2. The highest BCUT2D eigenvalue weighted by molar-refractivity contribution is 5.94. The molecule has 5 amide bonds. The summed E-state index contributed by atoms with van der Waals surface area (Å²) in [6, 6.07) is -1.46. The maximum atomic E-state index is 13.6. The Morgan fingerprint density at radius 1 is 0.939 bits per heavy atom. The van der Waals surface area contributed by atoms with Crippen molar-refractivity contribution in [2.75, 3.05) is 13.1 Å². The van der Waals surface area contributed by atoms with Gasteiger partial charge in [0.1, 0.15) is 24.2 Å². The van der Waals surface area contributed by atoms with Crippen LogP contribution in [0.2, 0.25) is 0 Å². The van der Waals surface area contributed by atoms with E-state index in [4.69, 9.17) is 16.2 Å². The first-order valence-electron chi connectivity index (χ1n) is 15.0. The zero-order valence-corrected chi connectivity index (χ0v) is 26.0. The molecule has 2 aliphatic rings. The Balaban J connectivity index is 1.97. The number of urea groups is 1. The summed E-state index contributed by atoms with van der Waals surface area (Å²) in [5.41, 5.74) is 10.8. The largest absolute Gasteiger partial charge is 0.481 e. The lowest BCUT2D eigenvalue weighted by atomic mass is 10.0. The summed E-state index contributed by atoms with van der Waals surface area (Å²) in [5, 5.41) is 42.0. The Morgan fingerprint density at radius 3 is 2.24 bits per heavy atom. The molecular formula is C28H37N9O12. The molecule has 21 heteroatoms. The van der Waals surface area contributed by atoms with Gasteiger partial charge in [0.25, 0.3) is 5.69 Å². The van der Waals surface area contributed by atoms with Crippen LogP contribution in [0.4, 0.5) is 10.5 Å². The van der Waals surface area contributed by atoms with Crippen molar-refractivity contribution in [1.82, 2.24) is 26.6 Å². The van der Waals surface area contributed by atoms with Crippen molar-refractivity contribution in [3.05, 3.63) is 39.9 Å². The number of non-ortho nitro benzene ring substituents is 1. The predicted octanol–water partition coefficient (Wildman–Crippen LogP) is -2.79. The van der Waals surface area contributed by atoms with E-state index in [1.807, 2.05) is 0 Å². The quantitative estimate of drug-likeness (QED) is 0.0299. The molecule has 1 saturated carbocycles. The molecule has 11 N–H and O–H groups in total. The second kappa shape index (κ2) is 17.2. The molecule has 1 aliphatic heterocycles. The van der Waals surface area contributed by atoms with Gasteiger partial charge in [-0.25, -0.2) is 9.59 Å². The molecule has 1 aromatic rings. The lowest BCUT2D eigenvalue weighted by Gasteiger charge is -2.25. The highest BCUT2D eigenvalue weighted by Gasteiger charge is 2.43. The number of aliphatic carboxylic acids is 2. The Bertz CT molecular complexity index is 1480. The number of nitro groups is 1. The molecule has 3 rings (SSSR count). The summed E-state index contributed by atoms with van der Waals surface area (Å²) in [6.07, 6.45) is -2.75. The summed E-state index contributed by atoms with van der Waals surface area (Å²) < 4.78 is 5.40. The maximum absolute atomic E-state index is 13.6. The van der Waals surface area contributed by atoms with Crippen molar-refractivity contribution in [3.8, 4) is 0 Å². The molecule has 1 heterocycles. The third-order valence-electron chi connectivity index (χ3n) is 7.65. The number of guanidine groups is 1. The number of rotatable bonds is 10. The lowest BCUT2D eigenvalue weighted by molar-refractivity contribution is -0.384. The molecule has 1 aromatic carbocycles. The van der Waals surface area contributed by atoms with Crippen LogP contribution >= 0.6 is 0 Å². The van der Waals surface area contributed by atoms with E-state index < -0.39 is 95.7 Å². The summed E-state index contributed by atoms with van der Waals surface area (Å²) in [7, 11) is 0. The number of benzene rings is 1. The second-order valence-corrected chi connectivity index (χ2v) is 11.3. The zero-order chi connectivity index (χ0) is 36.2. The summed E-state index contributed by atoms with van der Waals surface area (Å²) >= 11 is 0. The van der Waals surface area contributed by atoms with Crippen molar-refractivity contribution in [3.63, 3.8) is 0 Å². The Kier molecular flexibility index (Phi) is 13.2. The number of hydrogen-bond donors (Lipinski definition) is 9. The van der Waals surface area contributed by atoms with Gasteiger partial charge in [0.15, 0.2) is 5.96 Å². The number of amides is 5. The first-order chi connectivity index (χ1) is 23.1. The van der Waals surface area contributed by atoms with Gasteiger partial charge in [-0.3, -0.25) is 39.1 Å². The molecule has 21 nitrogen and oxygen atoms in total. The molecule has 0 aromatic heterocycles. The van der Waals surface area contributed by atoms with Crippen LogP contribution in [0.5, 0.6) is 0 Å². The second-order valence-electron chi connectivity index (χ2n) is 11.3. The number of hydrogen-bond acceptors (Lipinski definition) is 11. The fourth-order valence-corrected chi connectivity index (χ4v) is 5.23. The van der Waals surface area contributed by atoms with Gasteiger partial charge in [0, 0.05) is 25.1 Å². The van der Waals surface area contributed by atoms with Crippen molar-refractivity contribution in [2.45, 2.75) is 68.8 Å². The molecule has 0 radical (unpaired) electrons. The predicted molar refractivity (Wildman–Crippen MR) is 165 cm³/mol. The minimum Gasteiger partial charge on any atom is -0.481 e.